The molecule has 2 aliphatic rings. The van der Waals surface area contributed by atoms with Gasteiger partial charge in [0.15, 0.2) is 11.5 Å². The van der Waals surface area contributed by atoms with Crippen LogP contribution in [0.5, 0.6) is 11.5 Å². The molecule has 1 saturated heterocycles. The summed E-state index contributed by atoms with van der Waals surface area (Å²) in [5.74, 6) is 4.52. The average Bonchev–Trinajstić information content (AvgIpc) is 3.21. The molecule has 1 fully saturated rings. The van der Waals surface area contributed by atoms with Gasteiger partial charge in [0.1, 0.15) is 19.0 Å². The number of nitrogens with zero attached hydrogens (tertiary/aromatic N) is 1. The van der Waals surface area contributed by atoms with E-state index in [0.717, 1.165) is 30.1 Å². The minimum absolute atomic E-state index is 0.275. The molecule has 0 N–H and O–H groups in total. The first-order valence-corrected chi connectivity index (χ1v) is 11.7. The topological polar surface area (TPSA) is 69.0 Å². The maximum Gasteiger partial charge on any atom is 0.243 e. The summed E-state index contributed by atoms with van der Waals surface area (Å²) in [6, 6.07) is 8.75. The SMILES string of the molecule is O=S(=O)(c1ccc2c(c1)OCCO2)N1CCC(CSCc2ccco2)CC1. The Morgan fingerprint density at radius 3 is 2.59 bits per heavy atom. The van der Waals surface area contributed by atoms with Gasteiger partial charge in [0.05, 0.1) is 16.9 Å². The molecule has 3 heterocycles. The molecule has 2 aromatic rings. The van der Waals surface area contributed by atoms with Crippen LogP contribution in [0.3, 0.4) is 0 Å². The summed E-state index contributed by atoms with van der Waals surface area (Å²) in [7, 11) is -3.50. The summed E-state index contributed by atoms with van der Waals surface area (Å²) in [4.78, 5) is 0.275. The van der Waals surface area contributed by atoms with Gasteiger partial charge >= 0.3 is 0 Å². The molecule has 0 saturated carbocycles. The van der Waals surface area contributed by atoms with E-state index in [-0.39, 0.29) is 4.90 Å². The van der Waals surface area contributed by atoms with Gasteiger partial charge in [-0.05, 0) is 48.8 Å². The van der Waals surface area contributed by atoms with E-state index in [1.807, 2.05) is 23.9 Å². The molecular weight excluding hydrogens is 386 g/mol. The summed E-state index contributed by atoms with van der Waals surface area (Å²) < 4.78 is 43.8. The Labute approximate surface area is 163 Å². The van der Waals surface area contributed by atoms with Crippen molar-refractivity contribution in [3.63, 3.8) is 0 Å². The largest absolute Gasteiger partial charge is 0.486 e. The molecule has 0 unspecified atom stereocenters. The second-order valence-corrected chi connectivity index (χ2v) is 9.72. The highest BCUT2D eigenvalue weighted by molar-refractivity contribution is 7.98. The number of rotatable bonds is 6. The van der Waals surface area contributed by atoms with Crippen LogP contribution in [0.2, 0.25) is 0 Å². The van der Waals surface area contributed by atoms with Crippen LogP contribution in [0.25, 0.3) is 0 Å². The second-order valence-electron chi connectivity index (χ2n) is 6.75. The lowest BCUT2D eigenvalue weighted by molar-refractivity contribution is 0.171. The van der Waals surface area contributed by atoms with Crippen molar-refractivity contribution in [3.8, 4) is 11.5 Å². The van der Waals surface area contributed by atoms with Gasteiger partial charge in [0.2, 0.25) is 10.0 Å². The van der Waals surface area contributed by atoms with E-state index in [9.17, 15) is 8.42 Å². The Kier molecular flexibility index (Phi) is 5.66. The van der Waals surface area contributed by atoms with E-state index in [1.165, 1.54) is 0 Å². The van der Waals surface area contributed by atoms with Gasteiger partial charge < -0.3 is 13.9 Å². The van der Waals surface area contributed by atoms with Crippen LogP contribution in [0.15, 0.2) is 45.9 Å². The minimum Gasteiger partial charge on any atom is -0.486 e. The molecule has 0 amide bonds. The zero-order chi connectivity index (χ0) is 18.7. The molecule has 8 heteroatoms. The van der Waals surface area contributed by atoms with Crippen LogP contribution in [0, 0.1) is 5.92 Å². The zero-order valence-electron chi connectivity index (χ0n) is 15.0. The summed E-state index contributed by atoms with van der Waals surface area (Å²) in [5.41, 5.74) is 0. The normalized spacial score (nSPS) is 18.5. The number of sulfonamides is 1. The molecule has 6 nitrogen and oxygen atoms in total. The van der Waals surface area contributed by atoms with Crippen molar-refractivity contribution in [2.24, 2.45) is 5.92 Å². The van der Waals surface area contributed by atoms with E-state index in [2.05, 4.69) is 0 Å². The average molecular weight is 410 g/mol. The van der Waals surface area contributed by atoms with Crippen LogP contribution < -0.4 is 9.47 Å². The van der Waals surface area contributed by atoms with Gasteiger partial charge in [-0.25, -0.2) is 8.42 Å². The van der Waals surface area contributed by atoms with Crippen molar-refractivity contribution < 1.29 is 22.3 Å². The van der Waals surface area contributed by atoms with Crippen LogP contribution in [-0.4, -0.2) is 44.8 Å². The Bertz CT molecular complexity index is 858. The van der Waals surface area contributed by atoms with Crippen LogP contribution in [0.1, 0.15) is 18.6 Å². The van der Waals surface area contributed by atoms with Crippen LogP contribution in [-0.2, 0) is 15.8 Å². The third-order valence-corrected chi connectivity index (χ3v) is 7.99. The number of piperidine rings is 1. The highest BCUT2D eigenvalue weighted by Crippen LogP contribution is 2.34. The molecule has 0 atom stereocenters. The first-order chi connectivity index (χ1) is 13.1. The Balaban J connectivity index is 1.33. The van der Waals surface area contributed by atoms with E-state index < -0.39 is 10.0 Å². The number of benzene rings is 1. The molecule has 27 heavy (non-hydrogen) atoms. The maximum absolute atomic E-state index is 13.0. The van der Waals surface area contributed by atoms with E-state index >= 15 is 0 Å². The van der Waals surface area contributed by atoms with Crippen LogP contribution in [0.4, 0.5) is 0 Å². The number of ether oxygens (including phenoxy) is 2. The van der Waals surface area contributed by atoms with Gasteiger partial charge in [-0.1, -0.05) is 0 Å². The van der Waals surface area contributed by atoms with Crippen molar-refractivity contribution in [1.29, 1.82) is 0 Å². The van der Waals surface area contributed by atoms with Crippen molar-refractivity contribution in [2.75, 3.05) is 32.1 Å². The lowest BCUT2D eigenvalue weighted by atomic mass is 10.0. The fourth-order valence-electron chi connectivity index (χ4n) is 3.37. The monoisotopic (exact) mass is 409 g/mol. The highest BCUT2D eigenvalue weighted by Gasteiger charge is 2.30. The summed E-state index contributed by atoms with van der Waals surface area (Å²) in [6.45, 7) is 2.05. The third-order valence-electron chi connectivity index (χ3n) is 4.90. The maximum atomic E-state index is 13.0. The molecule has 1 aromatic carbocycles. The van der Waals surface area contributed by atoms with Gasteiger partial charge in [-0.2, -0.15) is 16.1 Å². The van der Waals surface area contributed by atoms with Gasteiger partial charge in [-0.3, -0.25) is 0 Å². The number of furan rings is 1. The molecule has 0 bridgehead atoms. The number of hydrogen-bond donors (Lipinski definition) is 0. The standard InChI is InChI=1S/C19H23NO5S2/c21-27(22,17-3-4-18-19(12-17)25-11-10-24-18)20-7-5-15(6-8-20)13-26-14-16-2-1-9-23-16/h1-4,9,12,15H,5-8,10-11,13-14H2. The predicted molar refractivity (Wildman–Crippen MR) is 104 cm³/mol. The predicted octanol–water partition coefficient (Wildman–Crippen LogP) is 3.38. The summed E-state index contributed by atoms with van der Waals surface area (Å²) >= 11 is 1.85. The molecule has 1 aromatic heterocycles. The van der Waals surface area contributed by atoms with E-state index in [1.54, 1.807) is 28.8 Å². The first-order valence-electron chi connectivity index (χ1n) is 9.13. The number of thioether (sulfide) groups is 1. The van der Waals surface area contributed by atoms with Gasteiger partial charge in [0.25, 0.3) is 0 Å². The minimum atomic E-state index is -3.50. The van der Waals surface area contributed by atoms with Crippen molar-refractivity contribution >= 4 is 21.8 Å². The molecule has 4 rings (SSSR count). The Hall–Kier alpha value is -1.64. The van der Waals surface area contributed by atoms with Gasteiger partial charge in [-0.15, -0.1) is 0 Å². The van der Waals surface area contributed by atoms with Gasteiger partial charge in [0, 0.05) is 19.2 Å². The third kappa shape index (κ3) is 4.28. The molecule has 0 radical (unpaired) electrons. The van der Waals surface area contributed by atoms with Crippen molar-refractivity contribution in [3.05, 3.63) is 42.4 Å². The molecule has 2 aliphatic heterocycles. The highest BCUT2D eigenvalue weighted by atomic mass is 32.2. The zero-order valence-corrected chi connectivity index (χ0v) is 16.6. The van der Waals surface area contributed by atoms with E-state index in [4.69, 9.17) is 13.9 Å². The smallest absolute Gasteiger partial charge is 0.243 e. The number of hydrogen-bond acceptors (Lipinski definition) is 6. The summed E-state index contributed by atoms with van der Waals surface area (Å²) in [5, 5.41) is 0. The fraction of sp³-hybridized carbons (Fsp3) is 0.474. The van der Waals surface area contributed by atoms with Crippen molar-refractivity contribution in [2.45, 2.75) is 23.5 Å². The molecule has 146 valence electrons. The van der Waals surface area contributed by atoms with E-state index in [0.29, 0.717) is 43.7 Å². The lowest BCUT2D eigenvalue weighted by Crippen LogP contribution is -2.39. The van der Waals surface area contributed by atoms with Crippen LogP contribution >= 0.6 is 11.8 Å². The van der Waals surface area contributed by atoms with Crippen molar-refractivity contribution in [1.82, 2.24) is 4.31 Å². The summed E-state index contributed by atoms with van der Waals surface area (Å²) in [6.07, 6.45) is 3.46. The number of fused-ring (bicyclic) bond motifs is 1. The Morgan fingerprint density at radius 1 is 1.07 bits per heavy atom. The molecular formula is C19H23NO5S2. The quantitative estimate of drug-likeness (QED) is 0.729. The first kappa shape index (κ1) is 18.7. The molecule has 0 spiro atoms. The second kappa shape index (κ2) is 8.16. The Morgan fingerprint density at radius 2 is 1.85 bits per heavy atom. The molecule has 0 aliphatic carbocycles. The lowest BCUT2D eigenvalue weighted by Gasteiger charge is -2.31. The fourth-order valence-corrected chi connectivity index (χ4v) is 6.01.